The summed E-state index contributed by atoms with van der Waals surface area (Å²) in [6, 6.07) is 7.38. The van der Waals surface area contributed by atoms with E-state index >= 15 is 0 Å². The summed E-state index contributed by atoms with van der Waals surface area (Å²) in [5.74, 6) is -1.36. The summed E-state index contributed by atoms with van der Waals surface area (Å²) in [7, 11) is 1.76. The summed E-state index contributed by atoms with van der Waals surface area (Å²) in [4.78, 5) is 29.9. The highest BCUT2D eigenvalue weighted by Crippen LogP contribution is 2.34. The molecule has 1 saturated carbocycles. The third-order valence-electron chi connectivity index (χ3n) is 6.18. The Balaban J connectivity index is 1.55. The van der Waals surface area contributed by atoms with Gasteiger partial charge < -0.3 is 9.30 Å². The Morgan fingerprint density at radius 3 is 2.30 bits per heavy atom. The van der Waals surface area contributed by atoms with Crippen LogP contribution in [0, 0.1) is 0 Å². The van der Waals surface area contributed by atoms with Gasteiger partial charge in [-0.1, -0.05) is 18.2 Å². The van der Waals surface area contributed by atoms with E-state index in [1.54, 1.807) is 24.6 Å². The molecule has 0 spiro atoms. The van der Waals surface area contributed by atoms with Crippen LogP contribution in [0.1, 0.15) is 50.9 Å². The van der Waals surface area contributed by atoms with Crippen molar-refractivity contribution in [2.45, 2.75) is 64.6 Å². The van der Waals surface area contributed by atoms with Gasteiger partial charge in [0.1, 0.15) is 11.6 Å². The van der Waals surface area contributed by atoms with E-state index < -0.39 is 5.92 Å². The first-order chi connectivity index (χ1) is 15.7. The average molecular weight is 459 g/mol. The van der Waals surface area contributed by atoms with Gasteiger partial charge in [-0.25, -0.2) is 18.6 Å². The second-order valence-electron chi connectivity index (χ2n) is 8.35. The number of aryl methyl sites for hydroxylation is 2. The molecule has 0 radical (unpaired) electrons. The molecule has 0 amide bonds. The number of benzene rings is 1. The van der Waals surface area contributed by atoms with Crippen LogP contribution >= 0.6 is 0 Å². The lowest BCUT2D eigenvalue weighted by Crippen LogP contribution is -2.39. The molecule has 1 aliphatic rings. The highest BCUT2D eigenvalue weighted by molar-refractivity contribution is 5.76. The Hall–Kier alpha value is -3.23. The molecule has 1 aromatic carbocycles. The van der Waals surface area contributed by atoms with Crippen LogP contribution in [0.25, 0.3) is 23.3 Å². The number of aromatic nitrogens is 4. The molecule has 2 heterocycles. The smallest absolute Gasteiger partial charge is 0.332 e. The van der Waals surface area contributed by atoms with E-state index in [2.05, 4.69) is 4.98 Å². The molecule has 0 atom stereocenters. The molecule has 0 aliphatic heterocycles. The first-order valence-corrected chi connectivity index (χ1v) is 11.3. The van der Waals surface area contributed by atoms with Crippen LogP contribution in [0.5, 0.6) is 5.75 Å². The number of imidazole rings is 1. The molecule has 0 saturated heterocycles. The van der Waals surface area contributed by atoms with Crippen LogP contribution in [0.3, 0.4) is 0 Å². The standard InChI is InChI=1S/C24H28F2N4O3/c1-4-29-21-20(22(31)30(5-2)23(29)32)28(3)19(27-21)11-8-16-6-9-17(10-7-16)33-18-12-14-24(25,26)15-13-18/h6-11,18H,4-5,12-15H2,1-3H3/b11-8+. The van der Waals surface area contributed by atoms with E-state index in [0.717, 1.165) is 5.56 Å². The number of rotatable bonds is 6. The molecule has 33 heavy (non-hydrogen) atoms. The maximum atomic E-state index is 13.3. The van der Waals surface area contributed by atoms with E-state index in [4.69, 9.17) is 4.74 Å². The molecule has 0 bridgehead atoms. The van der Waals surface area contributed by atoms with E-state index in [-0.39, 0.29) is 30.2 Å². The van der Waals surface area contributed by atoms with Crippen molar-refractivity contribution >= 4 is 23.3 Å². The highest BCUT2D eigenvalue weighted by Gasteiger charge is 2.35. The predicted molar refractivity (Wildman–Crippen MR) is 124 cm³/mol. The Labute approximate surface area is 189 Å². The molecule has 0 N–H and O–H groups in total. The summed E-state index contributed by atoms with van der Waals surface area (Å²) in [6.07, 6.45) is 3.90. The molecule has 0 unspecified atom stereocenters. The van der Waals surface area contributed by atoms with Crippen LogP contribution in [0.15, 0.2) is 33.9 Å². The zero-order chi connectivity index (χ0) is 23.8. The van der Waals surface area contributed by atoms with Crippen molar-refractivity contribution in [3.05, 3.63) is 56.5 Å². The van der Waals surface area contributed by atoms with Crippen LogP contribution in [-0.2, 0) is 20.1 Å². The number of hydrogen-bond acceptors (Lipinski definition) is 4. The number of halogens is 2. The fourth-order valence-corrected chi connectivity index (χ4v) is 4.24. The Bertz CT molecular complexity index is 1290. The van der Waals surface area contributed by atoms with Crippen molar-refractivity contribution in [1.29, 1.82) is 0 Å². The van der Waals surface area contributed by atoms with Gasteiger partial charge in [-0.3, -0.25) is 13.9 Å². The van der Waals surface area contributed by atoms with Gasteiger partial charge in [0.15, 0.2) is 11.2 Å². The molecule has 1 aliphatic carbocycles. The summed E-state index contributed by atoms with van der Waals surface area (Å²) in [6.45, 7) is 4.32. The van der Waals surface area contributed by atoms with E-state index in [0.29, 0.717) is 48.7 Å². The molecule has 7 nitrogen and oxygen atoms in total. The maximum absolute atomic E-state index is 13.3. The fourth-order valence-electron chi connectivity index (χ4n) is 4.24. The lowest BCUT2D eigenvalue weighted by Gasteiger charge is -2.28. The van der Waals surface area contributed by atoms with Gasteiger partial charge in [0, 0.05) is 33.0 Å². The molecule has 1 fully saturated rings. The molecular formula is C24H28F2N4O3. The second kappa shape index (κ2) is 8.96. The quantitative estimate of drug-likeness (QED) is 0.559. The Morgan fingerprint density at radius 1 is 1.06 bits per heavy atom. The Morgan fingerprint density at radius 2 is 1.70 bits per heavy atom. The van der Waals surface area contributed by atoms with Gasteiger partial charge in [-0.2, -0.15) is 0 Å². The maximum Gasteiger partial charge on any atom is 0.332 e. The summed E-state index contributed by atoms with van der Waals surface area (Å²) >= 11 is 0. The SMILES string of the molecule is CCn1c(=O)c2c(nc(/C=C/c3ccc(OC4CCC(F)(F)CC4)cc3)n2C)n(CC)c1=O. The molecule has 9 heteroatoms. The van der Waals surface area contributed by atoms with Crippen LogP contribution in [0.2, 0.25) is 0 Å². The van der Waals surface area contributed by atoms with E-state index in [1.807, 2.05) is 37.3 Å². The van der Waals surface area contributed by atoms with Crippen LogP contribution in [0.4, 0.5) is 8.78 Å². The van der Waals surface area contributed by atoms with Crippen molar-refractivity contribution in [2.75, 3.05) is 0 Å². The van der Waals surface area contributed by atoms with E-state index in [1.165, 1.54) is 9.13 Å². The van der Waals surface area contributed by atoms with Crippen molar-refractivity contribution in [3.63, 3.8) is 0 Å². The molecule has 3 aromatic rings. The molecular weight excluding hydrogens is 430 g/mol. The number of nitrogens with zero attached hydrogens (tertiary/aromatic N) is 4. The predicted octanol–water partition coefficient (Wildman–Crippen LogP) is 4.06. The molecule has 2 aromatic heterocycles. The topological polar surface area (TPSA) is 71.1 Å². The summed E-state index contributed by atoms with van der Waals surface area (Å²) < 4.78 is 36.9. The average Bonchev–Trinajstić information content (AvgIpc) is 3.11. The first-order valence-electron chi connectivity index (χ1n) is 11.3. The summed E-state index contributed by atoms with van der Waals surface area (Å²) in [5, 5.41) is 0. The molecule has 4 rings (SSSR count). The highest BCUT2D eigenvalue weighted by atomic mass is 19.3. The fraction of sp³-hybridized carbons (Fsp3) is 0.458. The van der Waals surface area contributed by atoms with Crippen LogP contribution in [-0.4, -0.2) is 30.7 Å². The van der Waals surface area contributed by atoms with Gasteiger partial charge in [0.25, 0.3) is 5.56 Å². The monoisotopic (exact) mass is 458 g/mol. The lowest BCUT2D eigenvalue weighted by atomic mass is 9.94. The van der Waals surface area contributed by atoms with Crippen molar-refractivity contribution in [3.8, 4) is 5.75 Å². The van der Waals surface area contributed by atoms with Gasteiger partial charge in [0.05, 0.1) is 6.10 Å². The minimum absolute atomic E-state index is 0.133. The van der Waals surface area contributed by atoms with Gasteiger partial charge in [-0.05, 0) is 50.5 Å². The zero-order valence-corrected chi connectivity index (χ0v) is 19.1. The minimum atomic E-state index is -2.57. The zero-order valence-electron chi connectivity index (χ0n) is 19.1. The van der Waals surface area contributed by atoms with E-state index in [9.17, 15) is 18.4 Å². The second-order valence-corrected chi connectivity index (χ2v) is 8.35. The first kappa shape index (κ1) is 22.9. The van der Waals surface area contributed by atoms with Gasteiger partial charge >= 0.3 is 5.69 Å². The number of fused-ring (bicyclic) bond motifs is 1. The molecule has 176 valence electrons. The third-order valence-corrected chi connectivity index (χ3v) is 6.18. The van der Waals surface area contributed by atoms with Crippen LogP contribution < -0.4 is 16.0 Å². The number of hydrogen-bond donors (Lipinski definition) is 0. The van der Waals surface area contributed by atoms with Gasteiger partial charge in [0.2, 0.25) is 5.92 Å². The van der Waals surface area contributed by atoms with Gasteiger partial charge in [-0.15, -0.1) is 0 Å². The minimum Gasteiger partial charge on any atom is -0.490 e. The number of ether oxygens (including phenoxy) is 1. The number of alkyl halides is 2. The normalized spacial score (nSPS) is 16.6. The van der Waals surface area contributed by atoms with Crippen molar-refractivity contribution in [2.24, 2.45) is 7.05 Å². The van der Waals surface area contributed by atoms with Crippen molar-refractivity contribution in [1.82, 2.24) is 18.7 Å². The van der Waals surface area contributed by atoms with Crippen molar-refractivity contribution < 1.29 is 13.5 Å². The third kappa shape index (κ3) is 4.49. The largest absolute Gasteiger partial charge is 0.490 e. The summed E-state index contributed by atoms with van der Waals surface area (Å²) in [5.41, 5.74) is 0.951. The lowest BCUT2D eigenvalue weighted by molar-refractivity contribution is -0.0582. The Kier molecular flexibility index (Phi) is 6.23.